The summed E-state index contributed by atoms with van der Waals surface area (Å²) in [5.41, 5.74) is 0.181. The molecule has 0 bridgehead atoms. The summed E-state index contributed by atoms with van der Waals surface area (Å²) in [6, 6.07) is 7.93. The molecule has 0 aromatic heterocycles. The number of amides is 1. The zero-order valence-corrected chi connectivity index (χ0v) is 13.7. The molecule has 114 valence electrons. The van der Waals surface area contributed by atoms with E-state index in [-0.39, 0.29) is 17.6 Å². The number of allylic oxidation sites excluding steroid dienone is 2. The highest BCUT2D eigenvalue weighted by molar-refractivity contribution is 9.10. The Morgan fingerprint density at radius 2 is 1.86 bits per heavy atom. The van der Waals surface area contributed by atoms with Crippen LogP contribution in [-0.2, 0) is 20.7 Å². The number of benzene rings is 1. The first-order chi connectivity index (χ1) is 10.5. The molecule has 1 aromatic carbocycles. The van der Waals surface area contributed by atoms with Gasteiger partial charge in [0.15, 0.2) is 11.5 Å². The highest BCUT2D eigenvalue weighted by Gasteiger charge is 2.43. The second-order valence-corrected chi connectivity index (χ2v) is 6.47. The lowest BCUT2D eigenvalue weighted by atomic mass is 9.94. The lowest BCUT2D eigenvalue weighted by Gasteiger charge is -2.44. The normalized spacial score (nSPS) is 23.4. The quantitative estimate of drug-likeness (QED) is 0.812. The molecular weight excluding hydrogens is 346 g/mol. The Bertz CT molecular complexity index is 647. The van der Waals surface area contributed by atoms with E-state index in [1.807, 2.05) is 24.3 Å². The van der Waals surface area contributed by atoms with Gasteiger partial charge in [0.25, 0.3) is 0 Å². The van der Waals surface area contributed by atoms with Crippen molar-refractivity contribution in [3.05, 3.63) is 58.6 Å². The summed E-state index contributed by atoms with van der Waals surface area (Å²) >= 11 is 3.40. The van der Waals surface area contributed by atoms with Gasteiger partial charge in [-0.2, -0.15) is 0 Å². The van der Waals surface area contributed by atoms with Gasteiger partial charge >= 0.3 is 0 Å². The second kappa shape index (κ2) is 5.82. The minimum absolute atomic E-state index is 0.0258. The molecule has 1 fully saturated rings. The summed E-state index contributed by atoms with van der Waals surface area (Å²) in [6.07, 6.45) is 6.81. The number of ether oxygens (including phenoxy) is 1. The van der Waals surface area contributed by atoms with Crippen molar-refractivity contribution in [2.45, 2.75) is 12.1 Å². The molecule has 1 atom stereocenters. The minimum Gasteiger partial charge on any atom is -0.347 e. The Balaban J connectivity index is 1.75. The van der Waals surface area contributed by atoms with Gasteiger partial charge in [-0.3, -0.25) is 9.59 Å². The van der Waals surface area contributed by atoms with E-state index in [9.17, 15) is 9.59 Å². The van der Waals surface area contributed by atoms with Crippen LogP contribution in [0.2, 0.25) is 0 Å². The van der Waals surface area contributed by atoms with Crippen LogP contribution >= 0.6 is 15.9 Å². The molecule has 3 rings (SSSR count). The minimum atomic E-state index is -0.915. The Morgan fingerprint density at radius 3 is 2.50 bits per heavy atom. The maximum Gasteiger partial charge on any atom is 0.230 e. The van der Waals surface area contributed by atoms with Crippen LogP contribution in [0.25, 0.3) is 0 Å². The van der Waals surface area contributed by atoms with Crippen molar-refractivity contribution < 1.29 is 14.3 Å². The largest absolute Gasteiger partial charge is 0.347 e. The van der Waals surface area contributed by atoms with Gasteiger partial charge in [0.2, 0.25) is 5.91 Å². The third kappa shape index (κ3) is 2.78. The van der Waals surface area contributed by atoms with Crippen LogP contribution in [0.15, 0.2) is 53.0 Å². The zero-order valence-electron chi connectivity index (χ0n) is 12.2. The number of hydrogen-bond donors (Lipinski definition) is 0. The zero-order chi connectivity index (χ0) is 15.7. The van der Waals surface area contributed by atoms with Crippen LogP contribution in [0.5, 0.6) is 0 Å². The molecule has 0 N–H and O–H groups in total. The average molecular weight is 362 g/mol. The van der Waals surface area contributed by atoms with Crippen LogP contribution in [0, 0.1) is 5.92 Å². The molecular formula is C17H16BrNO3. The Labute approximate surface area is 137 Å². The predicted octanol–water partition coefficient (Wildman–Crippen LogP) is 2.49. The van der Waals surface area contributed by atoms with Gasteiger partial charge < -0.3 is 9.64 Å². The highest BCUT2D eigenvalue weighted by atomic mass is 79.9. The molecule has 1 aliphatic carbocycles. The fourth-order valence-electron chi connectivity index (χ4n) is 2.73. The lowest BCUT2D eigenvalue weighted by Crippen LogP contribution is -2.57. The number of ketones is 1. The van der Waals surface area contributed by atoms with Crippen LogP contribution in [0.1, 0.15) is 5.56 Å². The van der Waals surface area contributed by atoms with Crippen molar-refractivity contribution in [2.75, 3.05) is 13.7 Å². The van der Waals surface area contributed by atoms with E-state index < -0.39 is 5.72 Å². The Kier molecular flexibility index (Phi) is 4.02. The monoisotopic (exact) mass is 361 g/mol. The van der Waals surface area contributed by atoms with Crippen LogP contribution in [-0.4, -0.2) is 36.0 Å². The molecule has 0 unspecified atom stereocenters. The Morgan fingerprint density at radius 1 is 1.23 bits per heavy atom. The number of likely N-dealkylation sites (N-methyl/N-ethyl adjacent to an activating group) is 1. The van der Waals surface area contributed by atoms with Crippen molar-refractivity contribution in [2.24, 2.45) is 5.92 Å². The summed E-state index contributed by atoms with van der Waals surface area (Å²) < 4.78 is 6.93. The third-order valence-corrected chi connectivity index (χ3v) is 4.62. The molecule has 1 amide bonds. The summed E-state index contributed by atoms with van der Waals surface area (Å²) in [5, 5.41) is 0. The van der Waals surface area contributed by atoms with E-state index in [1.165, 1.54) is 12.2 Å². The summed E-state index contributed by atoms with van der Waals surface area (Å²) in [4.78, 5) is 25.5. The molecule has 1 aromatic rings. The number of carbonyl (C=O) groups excluding carboxylic acids is 2. The molecule has 0 radical (unpaired) electrons. The summed E-state index contributed by atoms with van der Waals surface area (Å²) in [7, 11) is 1.71. The first kappa shape index (κ1) is 15.2. The molecule has 1 saturated heterocycles. The standard InChI is InChI=1S/C17H16BrNO3/c1-19-16(21)13(10-12-2-4-14(18)5-3-12)11-22-17(19)8-6-15(20)7-9-17/h2-9,13H,10-11H2,1H3/t13-/m0/s1. The fraction of sp³-hybridized carbons (Fsp3) is 0.294. The van der Waals surface area contributed by atoms with E-state index in [0.717, 1.165) is 10.0 Å². The number of halogens is 1. The average Bonchev–Trinajstić information content (AvgIpc) is 2.53. The number of hydrogen-bond acceptors (Lipinski definition) is 3. The molecule has 22 heavy (non-hydrogen) atoms. The van der Waals surface area contributed by atoms with Crippen molar-refractivity contribution in [1.29, 1.82) is 0 Å². The molecule has 1 spiro atoms. The first-order valence-electron chi connectivity index (χ1n) is 7.09. The maximum absolute atomic E-state index is 12.6. The van der Waals surface area contributed by atoms with Crippen LogP contribution in [0.4, 0.5) is 0 Å². The third-order valence-electron chi connectivity index (χ3n) is 4.09. The maximum atomic E-state index is 12.6. The van der Waals surface area contributed by atoms with E-state index in [1.54, 1.807) is 24.1 Å². The first-order valence-corrected chi connectivity index (χ1v) is 7.88. The van der Waals surface area contributed by atoms with E-state index in [2.05, 4.69) is 15.9 Å². The molecule has 1 aliphatic heterocycles. The van der Waals surface area contributed by atoms with Gasteiger partial charge in [-0.05, 0) is 48.4 Å². The van der Waals surface area contributed by atoms with E-state index in [4.69, 9.17) is 4.74 Å². The second-order valence-electron chi connectivity index (χ2n) is 5.56. The summed E-state index contributed by atoms with van der Waals surface area (Å²) in [6.45, 7) is 0.335. The topological polar surface area (TPSA) is 46.6 Å². The van der Waals surface area contributed by atoms with Crippen LogP contribution in [0.3, 0.4) is 0 Å². The van der Waals surface area contributed by atoms with Gasteiger partial charge in [-0.15, -0.1) is 0 Å². The SMILES string of the molecule is CN1C(=O)[C@@H](Cc2ccc(Br)cc2)COC12C=CC(=O)C=C2. The van der Waals surface area contributed by atoms with E-state index >= 15 is 0 Å². The molecule has 2 aliphatic rings. The van der Waals surface area contributed by atoms with Gasteiger partial charge in [-0.25, -0.2) is 0 Å². The highest BCUT2D eigenvalue weighted by Crippen LogP contribution is 2.31. The lowest BCUT2D eigenvalue weighted by molar-refractivity contribution is -0.175. The predicted molar refractivity (Wildman–Crippen MR) is 86.1 cm³/mol. The smallest absolute Gasteiger partial charge is 0.230 e. The van der Waals surface area contributed by atoms with Crippen molar-refractivity contribution in [1.82, 2.24) is 4.90 Å². The fourth-order valence-corrected chi connectivity index (χ4v) is 3.00. The summed E-state index contributed by atoms with van der Waals surface area (Å²) in [5.74, 6) is -0.277. The number of nitrogens with zero attached hydrogens (tertiary/aromatic N) is 1. The van der Waals surface area contributed by atoms with Gasteiger partial charge in [-0.1, -0.05) is 28.1 Å². The van der Waals surface area contributed by atoms with Crippen molar-refractivity contribution in [3.8, 4) is 0 Å². The number of carbonyl (C=O) groups is 2. The molecule has 5 heteroatoms. The van der Waals surface area contributed by atoms with E-state index in [0.29, 0.717) is 13.0 Å². The molecule has 0 saturated carbocycles. The molecule has 1 heterocycles. The van der Waals surface area contributed by atoms with Crippen LogP contribution < -0.4 is 0 Å². The van der Waals surface area contributed by atoms with Gasteiger partial charge in [0, 0.05) is 11.5 Å². The van der Waals surface area contributed by atoms with Gasteiger partial charge in [0.05, 0.1) is 12.5 Å². The molecule has 4 nitrogen and oxygen atoms in total. The number of rotatable bonds is 2. The van der Waals surface area contributed by atoms with Gasteiger partial charge in [0.1, 0.15) is 0 Å². The van der Waals surface area contributed by atoms with Crippen molar-refractivity contribution in [3.63, 3.8) is 0 Å². The van der Waals surface area contributed by atoms with Crippen molar-refractivity contribution >= 4 is 27.6 Å². The Hall–Kier alpha value is -1.72.